The van der Waals surface area contributed by atoms with Gasteiger partial charge in [-0.2, -0.15) is 5.10 Å². The maximum Gasteiger partial charge on any atom is 0.337 e. The van der Waals surface area contributed by atoms with E-state index in [2.05, 4.69) is 5.10 Å². The van der Waals surface area contributed by atoms with Gasteiger partial charge in [-0.3, -0.25) is 4.79 Å². The zero-order chi connectivity index (χ0) is 20.3. The largest absolute Gasteiger partial charge is 0.478 e. The van der Waals surface area contributed by atoms with Gasteiger partial charge in [0.2, 0.25) is 0 Å². The Hall–Kier alpha value is -3.22. The third-order valence-corrected chi connectivity index (χ3v) is 4.78. The molecule has 1 N–H and O–H groups in total. The minimum absolute atomic E-state index is 0.0375. The van der Waals surface area contributed by atoms with Crippen LogP contribution in [0.4, 0.5) is 4.39 Å². The lowest BCUT2D eigenvalue weighted by Gasteiger charge is -2.08. The standard InChI is InChI=1S/C21H22FN3O3/c1-3-24-12-16(18(13-24)21(27)28)10-20(26)19(22)9-15-11-23-25(14(15)2)17-7-5-4-6-8-17/h4-8,11-13,19H,3,9-10H2,1-2H3,(H,27,28). The molecule has 0 aliphatic carbocycles. The van der Waals surface area contributed by atoms with E-state index in [0.29, 0.717) is 17.7 Å². The molecule has 0 amide bonds. The maximum atomic E-state index is 14.6. The number of nitrogens with zero attached hydrogens (tertiary/aromatic N) is 3. The molecule has 0 bridgehead atoms. The molecule has 0 saturated heterocycles. The van der Waals surface area contributed by atoms with E-state index in [-0.39, 0.29) is 18.4 Å². The number of aromatic nitrogens is 3. The summed E-state index contributed by atoms with van der Waals surface area (Å²) in [5.41, 5.74) is 2.65. The number of carbonyl (C=O) groups excluding carboxylic acids is 1. The number of carbonyl (C=O) groups is 2. The highest BCUT2D eigenvalue weighted by molar-refractivity contribution is 5.93. The third kappa shape index (κ3) is 4.03. The van der Waals surface area contributed by atoms with E-state index in [1.54, 1.807) is 21.6 Å². The lowest BCUT2D eigenvalue weighted by Crippen LogP contribution is -2.21. The molecule has 2 heterocycles. The molecule has 0 radical (unpaired) electrons. The number of ketones is 1. The third-order valence-electron chi connectivity index (χ3n) is 4.78. The van der Waals surface area contributed by atoms with E-state index in [0.717, 1.165) is 11.4 Å². The van der Waals surface area contributed by atoms with Gasteiger partial charge >= 0.3 is 5.97 Å². The number of Topliss-reactive ketones (excluding diaryl/α,β-unsaturated/α-hetero) is 1. The number of aromatic carboxylic acids is 1. The molecule has 3 rings (SSSR count). The summed E-state index contributed by atoms with van der Waals surface area (Å²) in [6.45, 7) is 4.27. The average molecular weight is 383 g/mol. The Labute approximate surface area is 162 Å². The van der Waals surface area contributed by atoms with Crippen molar-refractivity contribution in [2.24, 2.45) is 0 Å². The first-order valence-corrected chi connectivity index (χ1v) is 9.08. The quantitative estimate of drug-likeness (QED) is 0.647. The van der Waals surface area contributed by atoms with Gasteiger partial charge in [-0.1, -0.05) is 18.2 Å². The molecule has 0 aliphatic rings. The Morgan fingerprint density at radius 2 is 1.89 bits per heavy atom. The first-order chi connectivity index (χ1) is 13.4. The number of hydrogen-bond acceptors (Lipinski definition) is 3. The van der Waals surface area contributed by atoms with Gasteiger partial charge in [-0.25, -0.2) is 13.9 Å². The van der Waals surface area contributed by atoms with Crippen LogP contribution in [0.2, 0.25) is 0 Å². The van der Waals surface area contributed by atoms with Gasteiger partial charge < -0.3 is 9.67 Å². The molecule has 1 aromatic carbocycles. The number of rotatable bonds is 8. The number of para-hydroxylation sites is 1. The molecule has 0 spiro atoms. The van der Waals surface area contributed by atoms with Crippen molar-refractivity contribution in [3.63, 3.8) is 0 Å². The number of benzene rings is 1. The van der Waals surface area contributed by atoms with Crippen LogP contribution in [0.5, 0.6) is 0 Å². The van der Waals surface area contributed by atoms with Gasteiger partial charge in [0.1, 0.15) is 0 Å². The lowest BCUT2D eigenvalue weighted by atomic mass is 10.0. The van der Waals surface area contributed by atoms with Gasteiger partial charge in [0, 0.05) is 37.5 Å². The van der Waals surface area contributed by atoms with Crippen molar-refractivity contribution in [1.82, 2.24) is 14.3 Å². The van der Waals surface area contributed by atoms with Crippen LogP contribution in [-0.2, 0) is 24.2 Å². The molecule has 3 aromatic rings. The Kier molecular flexibility index (Phi) is 5.73. The van der Waals surface area contributed by atoms with Crippen molar-refractivity contribution >= 4 is 11.8 Å². The summed E-state index contributed by atoms with van der Waals surface area (Å²) in [5.74, 6) is -1.76. The minimum Gasteiger partial charge on any atom is -0.478 e. The fourth-order valence-electron chi connectivity index (χ4n) is 3.15. The van der Waals surface area contributed by atoms with Crippen LogP contribution in [-0.4, -0.2) is 37.4 Å². The predicted molar refractivity (Wildman–Crippen MR) is 103 cm³/mol. The normalized spacial score (nSPS) is 12.1. The first-order valence-electron chi connectivity index (χ1n) is 9.08. The van der Waals surface area contributed by atoms with Crippen molar-refractivity contribution in [3.8, 4) is 5.69 Å². The van der Waals surface area contributed by atoms with E-state index in [1.807, 2.05) is 44.2 Å². The van der Waals surface area contributed by atoms with E-state index in [1.165, 1.54) is 6.20 Å². The molecule has 28 heavy (non-hydrogen) atoms. The molecule has 0 aliphatic heterocycles. The SMILES string of the molecule is CCn1cc(CC(=O)C(F)Cc2cnn(-c3ccccc3)c2C)c(C(=O)O)c1. The summed E-state index contributed by atoms with van der Waals surface area (Å²) in [5, 5.41) is 13.6. The van der Waals surface area contributed by atoms with Crippen molar-refractivity contribution < 1.29 is 19.1 Å². The first kappa shape index (κ1) is 19.5. The molecular formula is C21H22FN3O3. The second-order valence-electron chi connectivity index (χ2n) is 6.65. The molecule has 0 saturated carbocycles. The Morgan fingerprint density at radius 3 is 2.54 bits per heavy atom. The molecule has 1 unspecified atom stereocenters. The second kappa shape index (κ2) is 8.21. The zero-order valence-corrected chi connectivity index (χ0v) is 15.8. The van der Waals surface area contributed by atoms with Crippen LogP contribution in [0.3, 0.4) is 0 Å². The van der Waals surface area contributed by atoms with Gasteiger partial charge in [0.05, 0.1) is 17.4 Å². The highest BCUT2D eigenvalue weighted by atomic mass is 19.1. The molecule has 1 atom stereocenters. The van der Waals surface area contributed by atoms with Gasteiger partial charge in [-0.15, -0.1) is 0 Å². The number of hydrogen-bond donors (Lipinski definition) is 1. The van der Waals surface area contributed by atoms with E-state index in [4.69, 9.17) is 0 Å². The number of carboxylic acid groups (broad SMARTS) is 1. The van der Waals surface area contributed by atoms with Crippen LogP contribution in [0.15, 0.2) is 48.9 Å². The molecular weight excluding hydrogens is 361 g/mol. The van der Waals surface area contributed by atoms with Crippen molar-refractivity contribution in [1.29, 1.82) is 0 Å². The molecule has 146 valence electrons. The topological polar surface area (TPSA) is 77.1 Å². The zero-order valence-electron chi connectivity index (χ0n) is 15.8. The Balaban J connectivity index is 1.73. The monoisotopic (exact) mass is 383 g/mol. The average Bonchev–Trinajstić information content (AvgIpc) is 3.26. The van der Waals surface area contributed by atoms with Crippen molar-refractivity contribution in [3.05, 3.63) is 71.3 Å². The van der Waals surface area contributed by atoms with E-state index >= 15 is 0 Å². The fourth-order valence-corrected chi connectivity index (χ4v) is 3.15. The molecule has 2 aromatic heterocycles. The molecule has 7 heteroatoms. The highest BCUT2D eigenvalue weighted by Crippen LogP contribution is 2.19. The van der Waals surface area contributed by atoms with Crippen LogP contribution in [0.25, 0.3) is 5.69 Å². The summed E-state index contributed by atoms with van der Waals surface area (Å²) >= 11 is 0. The number of aryl methyl sites for hydroxylation is 1. The predicted octanol–water partition coefficient (Wildman–Crippen LogP) is 3.39. The number of carboxylic acids is 1. The van der Waals surface area contributed by atoms with Crippen molar-refractivity contribution in [2.75, 3.05) is 0 Å². The Bertz CT molecular complexity index is 992. The smallest absolute Gasteiger partial charge is 0.337 e. The number of alkyl halides is 1. The summed E-state index contributed by atoms with van der Waals surface area (Å²) in [6, 6.07) is 9.47. The summed E-state index contributed by atoms with van der Waals surface area (Å²) < 4.78 is 18.0. The second-order valence-corrected chi connectivity index (χ2v) is 6.65. The minimum atomic E-state index is -1.72. The lowest BCUT2D eigenvalue weighted by molar-refractivity contribution is -0.123. The highest BCUT2D eigenvalue weighted by Gasteiger charge is 2.24. The fraction of sp³-hybridized carbons (Fsp3) is 0.286. The van der Waals surface area contributed by atoms with Gasteiger partial charge in [-0.05, 0) is 37.1 Å². The van der Waals surface area contributed by atoms with Gasteiger partial charge in [0.25, 0.3) is 0 Å². The summed E-state index contributed by atoms with van der Waals surface area (Å²) in [4.78, 5) is 23.7. The van der Waals surface area contributed by atoms with Crippen molar-refractivity contribution in [2.45, 2.75) is 39.4 Å². The van der Waals surface area contributed by atoms with Crippen LogP contribution < -0.4 is 0 Å². The van der Waals surface area contributed by atoms with Crippen LogP contribution in [0, 0.1) is 6.92 Å². The van der Waals surface area contributed by atoms with E-state index < -0.39 is 17.9 Å². The molecule has 0 fully saturated rings. The van der Waals surface area contributed by atoms with E-state index in [9.17, 15) is 19.1 Å². The van der Waals surface area contributed by atoms with Crippen LogP contribution in [0.1, 0.15) is 34.1 Å². The van der Waals surface area contributed by atoms with Gasteiger partial charge in [0.15, 0.2) is 12.0 Å². The number of halogens is 1. The maximum absolute atomic E-state index is 14.6. The summed E-state index contributed by atoms with van der Waals surface area (Å²) in [6.07, 6.45) is 2.56. The Morgan fingerprint density at radius 1 is 1.18 bits per heavy atom. The molecule has 6 nitrogen and oxygen atoms in total. The van der Waals surface area contributed by atoms with Crippen LogP contribution >= 0.6 is 0 Å². The summed E-state index contributed by atoms with van der Waals surface area (Å²) in [7, 11) is 0.